The fourth-order valence-corrected chi connectivity index (χ4v) is 3.80. The Balaban J connectivity index is 2.09. The van der Waals surface area contributed by atoms with Gasteiger partial charge in [-0.3, -0.25) is 4.98 Å². The Morgan fingerprint density at radius 2 is 1.85 bits per heavy atom. The minimum atomic E-state index is -0.276. The van der Waals surface area contributed by atoms with Crippen molar-refractivity contribution in [3.05, 3.63) is 71.2 Å². The van der Waals surface area contributed by atoms with Crippen molar-refractivity contribution in [2.45, 2.75) is 32.8 Å². The van der Waals surface area contributed by atoms with Gasteiger partial charge in [-0.2, -0.15) is 0 Å². The topological polar surface area (TPSA) is 42.4 Å². The summed E-state index contributed by atoms with van der Waals surface area (Å²) < 4.78 is 19.5. The normalized spacial score (nSPS) is 12.9. The number of hydrogen-bond acceptors (Lipinski definition) is 3. The lowest BCUT2D eigenvalue weighted by molar-refractivity contribution is 0.279. The first-order valence-electron chi connectivity index (χ1n) is 9.24. The molecular weight excluding hydrogens is 341 g/mol. The van der Waals surface area contributed by atoms with Crippen LogP contribution in [0.2, 0.25) is 0 Å². The molecule has 0 saturated carbocycles. The van der Waals surface area contributed by atoms with Gasteiger partial charge < -0.3 is 9.84 Å². The van der Waals surface area contributed by atoms with Gasteiger partial charge in [0.25, 0.3) is 0 Å². The molecule has 0 fully saturated rings. The van der Waals surface area contributed by atoms with E-state index in [1.807, 2.05) is 24.3 Å². The van der Waals surface area contributed by atoms with Crippen molar-refractivity contribution >= 4 is 0 Å². The number of rotatable bonds is 3. The number of aliphatic hydroxyl groups is 1. The van der Waals surface area contributed by atoms with Gasteiger partial charge in [-0.15, -0.1) is 0 Å². The van der Waals surface area contributed by atoms with Crippen LogP contribution in [0.1, 0.15) is 36.6 Å². The second-order valence-electron chi connectivity index (χ2n) is 7.09. The van der Waals surface area contributed by atoms with Gasteiger partial charge in [0.15, 0.2) is 0 Å². The van der Waals surface area contributed by atoms with E-state index in [1.165, 1.54) is 12.1 Å². The first-order valence-corrected chi connectivity index (χ1v) is 9.24. The van der Waals surface area contributed by atoms with Crippen LogP contribution < -0.4 is 4.74 Å². The molecule has 0 aliphatic carbocycles. The summed E-state index contributed by atoms with van der Waals surface area (Å²) in [7, 11) is 0. The molecule has 3 aromatic rings. The minimum absolute atomic E-state index is 0.108. The van der Waals surface area contributed by atoms with Crippen molar-refractivity contribution in [2.75, 3.05) is 6.61 Å². The number of hydrogen-bond donors (Lipinski definition) is 1. The van der Waals surface area contributed by atoms with Gasteiger partial charge in [0, 0.05) is 23.2 Å². The van der Waals surface area contributed by atoms with Crippen LogP contribution in [0.15, 0.2) is 48.5 Å². The monoisotopic (exact) mass is 363 g/mol. The predicted octanol–water partition coefficient (Wildman–Crippen LogP) is 5.11. The Morgan fingerprint density at radius 3 is 2.56 bits per heavy atom. The summed E-state index contributed by atoms with van der Waals surface area (Å²) in [6.07, 6.45) is 0.676. The molecule has 3 nitrogen and oxygen atoms in total. The van der Waals surface area contributed by atoms with Crippen LogP contribution in [-0.2, 0) is 13.0 Å². The fraction of sp³-hybridized carbons (Fsp3) is 0.261. The van der Waals surface area contributed by atoms with Gasteiger partial charge in [-0.25, -0.2) is 4.39 Å². The molecule has 1 aliphatic rings. The molecule has 1 aromatic heterocycles. The van der Waals surface area contributed by atoms with Crippen LogP contribution >= 0.6 is 0 Å². The standard InChI is InChI=1S/C23H22FNO2/c1-14(2)22-19(13-26)21(15-7-9-16(24)10-8-15)18-11-12-27-20-6-4-3-5-17(20)23(18)25-22/h3-10,14,26H,11-13H2,1-2H3. The summed E-state index contributed by atoms with van der Waals surface area (Å²) in [5, 5.41) is 10.2. The lowest BCUT2D eigenvalue weighted by atomic mass is 9.87. The van der Waals surface area contributed by atoms with Gasteiger partial charge in [0.1, 0.15) is 11.6 Å². The molecule has 4 heteroatoms. The third-order valence-electron chi connectivity index (χ3n) is 5.02. The number of benzene rings is 2. The number of halogens is 1. The maximum Gasteiger partial charge on any atom is 0.128 e. The Morgan fingerprint density at radius 1 is 1.11 bits per heavy atom. The van der Waals surface area contributed by atoms with Crippen molar-refractivity contribution in [2.24, 2.45) is 0 Å². The summed E-state index contributed by atoms with van der Waals surface area (Å²) in [5.74, 6) is 0.690. The Kier molecular flexibility index (Phi) is 4.66. The van der Waals surface area contributed by atoms with E-state index in [0.717, 1.165) is 45.0 Å². The van der Waals surface area contributed by atoms with Crippen LogP contribution in [0.4, 0.5) is 4.39 Å². The van der Waals surface area contributed by atoms with Crippen molar-refractivity contribution in [3.8, 4) is 28.1 Å². The average molecular weight is 363 g/mol. The first-order chi connectivity index (χ1) is 13.1. The van der Waals surface area contributed by atoms with Crippen LogP contribution in [-0.4, -0.2) is 16.7 Å². The molecule has 0 atom stereocenters. The largest absolute Gasteiger partial charge is 0.493 e. The van der Waals surface area contributed by atoms with E-state index < -0.39 is 0 Å². The minimum Gasteiger partial charge on any atom is -0.493 e. The lowest BCUT2D eigenvalue weighted by Gasteiger charge is -2.21. The lowest BCUT2D eigenvalue weighted by Crippen LogP contribution is -2.09. The molecule has 0 bridgehead atoms. The molecule has 1 N–H and O–H groups in total. The van der Waals surface area contributed by atoms with E-state index >= 15 is 0 Å². The number of nitrogens with zero attached hydrogens (tertiary/aromatic N) is 1. The summed E-state index contributed by atoms with van der Waals surface area (Å²) in [6.45, 7) is 4.57. The highest BCUT2D eigenvalue weighted by Crippen LogP contribution is 2.42. The van der Waals surface area contributed by atoms with E-state index in [0.29, 0.717) is 13.0 Å². The molecular formula is C23H22FNO2. The van der Waals surface area contributed by atoms with E-state index in [-0.39, 0.29) is 18.3 Å². The number of ether oxygens (including phenoxy) is 1. The quantitative estimate of drug-likeness (QED) is 0.703. The number of aliphatic hydroxyl groups excluding tert-OH is 1. The first kappa shape index (κ1) is 17.7. The molecule has 1 aliphatic heterocycles. The van der Waals surface area contributed by atoms with Gasteiger partial charge in [0.2, 0.25) is 0 Å². The van der Waals surface area contributed by atoms with Crippen molar-refractivity contribution in [3.63, 3.8) is 0 Å². The van der Waals surface area contributed by atoms with E-state index in [2.05, 4.69) is 13.8 Å². The van der Waals surface area contributed by atoms with Crippen LogP contribution in [0, 0.1) is 5.82 Å². The zero-order valence-corrected chi connectivity index (χ0v) is 15.5. The molecule has 0 amide bonds. The number of fused-ring (bicyclic) bond motifs is 3. The summed E-state index contributed by atoms with van der Waals surface area (Å²) in [6, 6.07) is 14.4. The maximum atomic E-state index is 13.5. The average Bonchev–Trinajstić information content (AvgIpc) is 2.86. The molecule has 2 heterocycles. The molecule has 2 aromatic carbocycles. The van der Waals surface area contributed by atoms with Gasteiger partial charge in [-0.05, 0) is 46.9 Å². The molecule has 27 heavy (non-hydrogen) atoms. The second-order valence-corrected chi connectivity index (χ2v) is 7.09. The highest BCUT2D eigenvalue weighted by Gasteiger charge is 2.25. The Bertz CT molecular complexity index is 980. The molecule has 0 radical (unpaired) electrons. The van der Waals surface area contributed by atoms with Gasteiger partial charge >= 0.3 is 0 Å². The molecule has 138 valence electrons. The van der Waals surface area contributed by atoms with Crippen LogP contribution in [0.5, 0.6) is 5.75 Å². The Hall–Kier alpha value is -2.72. The zero-order valence-electron chi connectivity index (χ0n) is 15.5. The SMILES string of the molecule is CC(C)c1nc2c(c(-c3ccc(F)cc3)c1CO)CCOc1ccccc1-2. The highest BCUT2D eigenvalue weighted by atomic mass is 19.1. The van der Waals surface area contributed by atoms with Gasteiger partial charge in [0.05, 0.1) is 18.9 Å². The summed E-state index contributed by atoms with van der Waals surface area (Å²) >= 11 is 0. The zero-order chi connectivity index (χ0) is 19.0. The van der Waals surface area contributed by atoms with Crippen molar-refractivity contribution < 1.29 is 14.2 Å². The van der Waals surface area contributed by atoms with Gasteiger partial charge in [-0.1, -0.05) is 38.1 Å². The number of pyridine rings is 1. The smallest absolute Gasteiger partial charge is 0.128 e. The van der Waals surface area contributed by atoms with E-state index in [9.17, 15) is 9.50 Å². The molecule has 4 rings (SSSR count). The highest BCUT2D eigenvalue weighted by molar-refractivity contribution is 5.82. The maximum absolute atomic E-state index is 13.5. The van der Waals surface area contributed by atoms with Crippen molar-refractivity contribution in [1.82, 2.24) is 4.98 Å². The van der Waals surface area contributed by atoms with Crippen LogP contribution in [0.25, 0.3) is 22.4 Å². The Labute approximate surface area is 158 Å². The fourth-order valence-electron chi connectivity index (χ4n) is 3.80. The summed E-state index contributed by atoms with van der Waals surface area (Å²) in [4.78, 5) is 4.97. The number of para-hydroxylation sites is 1. The van der Waals surface area contributed by atoms with E-state index in [1.54, 1.807) is 12.1 Å². The van der Waals surface area contributed by atoms with E-state index in [4.69, 9.17) is 9.72 Å². The third-order valence-corrected chi connectivity index (χ3v) is 5.02. The molecule has 0 saturated heterocycles. The number of aromatic nitrogens is 1. The summed E-state index contributed by atoms with van der Waals surface area (Å²) in [5.41, 5.74) is 6.41. The third kappa shape index (κ3) is 3.10. The second kappa shape index (κ2) is 7.12. The van der Waals surface area contributed by atoms with Crippen LogP contribution in [0.3, 0.4) is 0 Å². The predicted molar refractivity (Wildman–Crippen MR) is 104 cm³/mol. The molecule has 0 unspecified atom stereocenters. The van der Waals surface area contributed by atoms with Crippen molar-refractivity contribution in [1.29, 1.82) is 0 Å². The molecule has 0 spiro atoms.